The first-order valence-corrected chi connectivity index (χ1v) is 8.48. The van der Waals surface area contributed by atoms with Gasteiger partial charge in [-0.3, -0.25) is 0 Å². The molecule has 1 aromatic heterocycles. The van der Waals surface area contributed by atoms with Gasteiger partial charge in [-0.05, 0) is 30.3 Å². The van der Waals surface area contributed by atoms with Gasteiger partial charge in [-0.25, -0.2) is 4.98 Å². The Bertz CT molecular complexity index is 876. The van der Waals surface area contributed by atoms with Crippen molar-refractivity contribution >= 4 is 23.1 Å². The molecule has 8 nitrogen and oxygen atoms in total. The van der Waals surface area contributed by atoms with Gasteiger partial charge in [0.15, 0.2) is 23.0 Å². The lowest BCUT2D eigenvalue weighted by Crippen LogP contribution is -2.01. The third kappa shape index (κ3) is 4.35. The van der Waals surface area contributed by atoms with Crippen molar-refractivity contribution in [3.8, 4) is 23.0 Å². The predicted molar refractivity (Wildman–Crippen MR) is 108 cm³/mol. The minimum absolute atomic E-state index is 0.442. The Morgan fingerprint density at radius 2 is 1.18 bits per heavy atom. The number of hydrogen-bond acceptors (Lipinski definition) is 8. The zero-order chi connectivity index (χ0) is 19.9. The summed E-state index contributed by atoms with van der Waals surface area (Å²) in [6, 6.07) is 12.8. The first-order valence-electron chi connectivity index (χ1n) is 8.48. The van der Waals surface area contributed by atoms with Crippen LogP contribution < -0.4 is 29.6 Å². The zero-order valence-corrected chi connectivity index (χ0v) is 16.1. The maximum Gasteiger partial charge on any atom is 0.229 e. The zero-order valence-electron chi connectivity index (χ0n) is 16.1. The summed E-state index contributed by atoms with van der Waals surface area (Å²) in [6.07, 6.45) is 1.67. The van der Waals surface area contributed by atoms with E-state index in [9.17, 15) is 0 Å². The van der Waals surface area contributed by atoms with Crippen LogP contribution in [-0.4, -0.2) is 38.4 Å². The summed E-state index contributed by atoms with van der Waals surface area (Å²) in [5, 5.41) is 6.38. The van der Waals surface area contributed by atoms with Crippen LogP contribution in [0.2, 0.25) is 0 Å². The summed E-state index contributed by atoms with van der Waals surface area (Å²) in [7, 11) is 6.38. The molecular weight excluding hydrogens is 360 g/mol. The minimum Gasteiger partial charge on any atom is -0.493 e. The van der Waals surface area contributed by atoms with Crippen molar-refractivity contribution < 1.29 is 18.9 Å². The van der Waals surface area contributed by atoms with Crippen molar-refractivity contribution in [1.29, 1.82) is 0 Å². The van der Waals surface area contributed by atoms with Crippen LogP contribution in [0.3, 0.4) is 0 Å². The molecule has 2 aromatic carbocycles. The summed E-state index contributed by atoms with van der Waals surface area (Å²) >= 11 is 0. The number of methoxy groups -OCH3 is 4. The van der Waals surface area contributed by atoms with Crippen LogP contribution in [0.5, 0.6) is 23.0 Å². The molecule has 2 N–H and O–H groups in total. The Morgan fingerprint density at radius 3 is 1.71 bits per heavy atom. The van der Waals surface area contributed by atoms with E-state index < -0.39 is 0 Å². The number of anilines is 4. The van der Waals surface area contributed by atoms with Gasteiger partial charge < -0.3 is 29.6 Å². The Morgan fingerprint density at radius 1 is 0.643 bits per heavy atom. The molecule has 3 rings (SSSR count). The summed E-state index contributed by atoms with van der Waals surface area (Å²) in [6.45, 7) is 0. The van der Waals surface area contributed by atoms with Crippen molar-refractivity contribution in [1.82, 2.24) is 9.97 Å². The van der Waals surface area contributed by atoms with Crippen LogP contribution in [0.15, 0.2) is 48.7 Å². The van der Waals surface area contributed by atoms with Crippen molar-refractivity contribution in [2.24, 2.45) is 0 Å². The van der Waals surface area contributed by atoms with E-state index in [0.29, 0.717) is 34.8 Å². The molecule has 146 valence electrons. The summed E-state index contributed by atoms with van der Waals surface area (Å²) in [4.78, 5) is 8.74. The van der Waals surface area contributed by atoms with Crippen LogP contribution in [0.4, 0.5) is 23.1 Å². The fraction of sp³-hybridized carbons (Fsp3) is 0.200. The Hall–Kier alpha value is -3.68. The Labute approximate surface area is 163 Å². The standard InChI is InChI=1S/C20H22N4O4/c1-25-15-7-5-13(11-17(15)27-3)22-19-9-10-21-20(24-19)23-14-6-8-16(26-2)18(12-14)28-4/h5-12H,1-4H3,(H2,21,22,23,24). The number of nitrogens with zero attached hydrogens (tertiary/aromatic N) is 2. The van der Waals surface area contributed by atoms with Gasteiger partial charge in [0.2, 0.25) is 5.95 Å². The highest BCUT2D eigenvalue weighted by atomic mass is 16.5. The molecule has 3 aromatic rings. The lowest BCUT2D eigenvalue weighted by Gasteiger charge is -2.12. The van der Waals surface area contributed by atoms with E-state index in [2.05, 4.69) is 20.6 Å². The van der Waals surface area contributed by atoms with Crippen LogP contribution in [0.25, 0.3) is 0 Å². The van der Waals surface area contributed by atoms with Crippen LogP contribution in [-0.2, 0) is 0 Å². The number of nitrogens with one attached hydrogen (secondary N) is 2. The quantitative estimate of drug-likeness (QED) is 0.605. The molecule has 0 aliphatic heterocycles. The van der Waals surface area contributed by atoms with Crippen molar-refractivity contribution in [2.75, 3.05) is 39.1 Å². The van der Waals surface area contributed by atoms with E-state index in [1.807, 2.05) is 36.4 Å². The molecule has 0 aliphatic carbocycles. The molecule has 0 saturated carbocycles. The molecule has 28 heavy (non-hydrogen) atoms. The number of benzene rings is 2. The monoisotopic (exact) mass is 382 g/mol. The van der Waals surface area contributed by atoms with E-state index in [1.165, 1.54) is 0 Å². The highest BCUT2D eigenvalue weighted by Crippen LogP contribution is 2.32. The second-order valence-corrected chi connectivity index (χ2v) is 5.66. The van der Waals surface area contributed by atoms with Gasteiger partial charge in [0.05, 0.1) is 28.4 Å². The fourth-order valence-corrected chi connectivity index (χ4v) is 2.59. The maximum atomic E-state index is 5.33. The lowest BCUT2D eigenvalue weighted by molar-refractivity contribution is 0.355. The van der Waals surface area contributed by atoms with Gasteiger partial charge in [-0.15, -0.1) is 0 Å². The van der Waals surface area contributed by atoms with Gasteiger partial charge in [-0.1, -0.05) is 0 Å². The number of aromatic nitrogens is 2. The fourth-order valence-electron chi connectivity index (χ4n) is 2.59. The molecule has 0 unspecified atom stereocenters. The van der Waals surface area contributed by atoms with Gasteiger partial charge in [0, 0.05) is 29.7 Å². The van der Waals surface area contributed by atoms with E-state index >= 15 is 0 Å². The predicted octanol–water partition coefficient (Wildman–Crippen LogP) is 4.00. The molecule has 1 heterocycles. The van der Waals surface area contributed by atoms with Gasteiger partial charge in [0.1, 0.15) is 5.82 Å². The number of hydrogen-bond donors (Lipinski definition) is 2. The van der Waals surface area contributed by atoms with Crippen LogP contribution >= 0.6 is 0 Å². The molecule has 0 fully saturated rings. The molecule has 0 saturated heterocycles. The second kappa shape index (κ2) is 8.81. The first-order chi connectivity index (χ1) is 13.7. The maximum absolute atomic E-state index is 5.33. The Balaban J connectivity index is 1.77. The molecule has 0 atom stereocenters. The topological polar surface area (TPSA) is 86.8 Å². The second-order valence-electron chi connectivity index (χ2n) is 5.66. The SMILES string of the molecule is COc1ccc(Nc2ccnc(Nc3ccc(OC)c(OC)c3)n2)cc1OC. The average Bonchev–Trinajstić information content (AvgIpc) is 2.73. The smallest absolute Gasteiger partial charge is 0.229 e. The highest BCUT2D eigenvalue weighted by Gasteiger charge is 2.08. The molecule has 0 aliphatic rings. The lowest BCUT2D eigenvalue weighted by atomic mass is 10.2. The summed E-state index contributed by atoms with van der Waals surface area (Å²) in [5.74, 6) is 3.63. The molecule has 8 heteroatoms. The van der Waals surface area contributed by atoms with Crippen molar-refractivity contribution in [3.63, 3.8) is 0 Å². The first kappa shape index (κ1) is 19.1. The van der Waals surface area contributed by atoms with E-state index in [1.54, 1.807) is 40.7 Å². The third-order valence-electron chi connectivity index (χ3n) is 3.95. The van der Waals surface area contributed by atoms with Gasteiger partial charge >= 0.3 is 0 Å². The third-order valence-corrected chi connectivity index (χ3v) is 3.95. The highest BCUT2D eigenvalue weighted by molar-refractivity contribution is 5.64. The molecule has 0 radical (unpaired) electrons. The van der Waals surface area contributed by atoms with E-state index in [0.717, 1.165) is 11.4 Å². The molecule has 0 spiro atoms. The average molecular weight is 382 g/mol. The van der Waals surface area contributed by atoms with Gasteiger partial charge in [-0.2, -0.15) is 4.98 Å². The van der Waals surface area contributed by atoms with E-state index in [4.69, 9.17) is 18.9 Å². The molecule has 0 amide bonds. The van der Waals surface area contributed by atoms with E-state index in [-0.39, 0.29) is 0 Å². The minimum atomic E-state index is 0.442. The van der Waals surface area contributed by atoms with Crippen LogP contribution in [0, 0.1) is 0 Å². The van der Waals surface area contributed by atoms with Crippen molar-refractivity contribution in [3.05, 3.63) is 48.7 Å². The number of rotatable bonds is 8. The van der Waals surface area contributed by atoms with Gasteiger partial charge in [0.25, 0.3) is 0 Å². The Kier molecular flexibility index (Phi) is 6.01. The summed E-state index contributed by atoms with van der Waals surface area (Å²) in [5.41, 5.74) is 1.59. The van der Waals surface area contributed by atoms with Crippen LogP contribution in [0.1, 0.15) is 0 Å². The number of ether oxygens (including phenoxy) is 4. The molecular formula is C20H22N4O4. The largest absolute Gasteiger partial charge is 0.493 e. The molecule has 0 bridgehead atoms. The summed E-state index contributed by atoms with van der Waals surface area (Å²) < 4.78 is 21.1. The van der Waals surface area contributed by atoms with Crippen molar-refractivity contribution in [2.45, 2.75) is 0 Å². The normalized spacial score (nSPS) is 10.1.